The molecule has 2 heterocycles. The Bertz CT molecular complexity index is 1220. The number of nitrogens with one attached hydrogen (secondary N) is 1. The van der Waals surface area contributed by atoms with Crippen molar-refractivity contribution in [3.05, 3.63) is 53.2 Å². The number of methoxy groups -OCH3 is 4. The van der Waals surface area contributed by atoms with Crippen molar-refractivity contribution in [3.8, 4) is 17.2 Å². The molecule has 3 aromatic rings. The van der Waals surface area contributed by atoms with E-state index in [-0.39, 0.29) is 6.61 Å². The summed E-state index contributed by atoms with van der Waals surface area (Å²) in [6, 6.07) is 10.7. The van der Waals surface area contributed by atoms with E-state index in [1.54, 1.807) is 34.5 Å². The average molecular weight is 453 g/mol. The lowest BCUT2D eigenvalue weighted by Gasteiger charge is -2.31. The number of anilines is 1. The van der Waals surface area contributed by atoms with Crippen LogP contribution >= 0.6 is 0 Å². The van der Waals surface area contributed by atoms with Crippen LogP contribution in [-0.2, 0) is 14.3 Å². The van der Waals surface area contributed by atoms with Crippen LogP contribution < -0.4 is 19.5 Å². The molecule has 0 spiro atoms. The number of allylic oxidation sites excluding steroid dienone is 1. The Labute approximate surface area is 191 Å². The lowest BCUT2D eigenvalue weighted by Crippen LogP contribution is -2.29. The SMILES string of the molecule is COCCOC(=O)C1=C(C)Nc2nc3ccccc3n2C1c1cc(OC)cc(OC)c1OC. The highest BCUT2D eigenvalue weighted by Gasteiger charge is 2.37. The Morgan fingerprint density at radius 3 is 2.55 bits per heavy atom. The highest BCUT2D eigenvalue weighted by molar-refractivity contribution is 5.94. The van der Waals surface area contributed by atoms with Crippen LogP contribution in [0.15, 0.2) is 47.7 Å². The molecule has 0 saturated carbocycles. The Morgan fingerprint density at radius 2 is 1.85 bits per heavy atom. The Morgan fingerprint density at radius 1 is 1.06 bits per heavy atom. The number of nitrogens with zero attached hydrogens (tertiary/aromatic N) is 2. The highest BCUT2D eigenvalue weighted by atomic mass is 16.6. The van der Waals surface area contributed by atoms with Gasteiger partial charge in [-0.05, 0) is 25.1 Å². The average Bonchev–Trinajstić information content (AvgIpc) is 3.20. The molecule has 0 aliphatic carbocycles. The van der Waals surface area contributed by atoms with E-state index in [1.165, 1.54) is 0 Å². The van der Waals surface area contributed by atoms with Crippen molar-refractivity contribution in [2.24, 2.45) is 0 Å². The van der Waals surface area contributed by atoms with Gasteiger partial charge < -0.3 is 29.0 Å². The Balaban J connectivity index is 1.99. The third kappa shape index (κ3) is 3.95. The predicted molar refractivity (Wildman–Crippen MR) is 123 cm³/mol. The lowest BCUT2D eigenvalue weighted by atomic mass is 9.93. The first-order valence-electron chi connectivity index (χ1n) is 10.4. The zero-order valence-corrected chi connectivity index (χ0v) is 19.3. The maximum Gasteiger partial charge on any atom is 0.338 e. The summed E-state index contributed by atoms with van der Waals surface area (Å²) >= 11 is 0. The van der Waals surface area contributed by atoms with Gasteiger partial charge in [0.2, 0.25) is 5.95 Å². The van der Waals surface area contributed by atoms with Gasteiger partial charge in [0.1, 0.15) is 18.4 Å². The number of para-hydroxylation sites is 2. The van der Waals surface area contributed by atoms with Gasteiger partial charge >= 0.3 is 5.97 Å². The molecule has 0 fully saturated rings. The number of benzene rings is 2. The molecule has 0 amide bonds. The summed E-state index contributed by atoms with van der Waals surface area (Å²) < 4.78 is 29.4. The number of hydrogen-bond acceptors (Lipinski definition) is 8. The van der Waals surface area contributed by atoms with Crippen molar-refractivity contribution >= 4 is 23.0 Å². The summed E-state index contributed by atoms with van der Waals surface area (Å²) in [6.07, 6.45) is 0. The van der Waals surface area contributed by atoms with Gasteiger partial charge in [-0.2, -0.15) is 0 Å². The molecule has 33 heavy (non-hydrogen) atoms. The number of fused-ring (bicyclic) bond motifs is 3. The van der Waals surface area contributed by atoms with Crippen LogP contribution in [0.5, 0.6) is 17.2 Å². The van der Waals surface area contributed by atoms with E-state index < -0.39 is 12.0 Å². The first-order chi connectivity index (χ1) is 16.0. The second-order valence-electron chi connectivity index (χ2n) is 7.44. The molecule has 4 rings (SSSR count). The molecule has 1 unspecified atom stereocenters. The van der Waals surface area contributed by atoms with Crippen molar-refractivity contribution in [2.45, 2.75) is 13.0 Å². The van der Waals surface area contributed by atoms with Gasteiger partial charge in [0.25, 0.3) is 0 Å². The summed E-state index contributed by atoms with van der Waals surface area (Å²) in [6.45, 7) is 2.26. The first kappa shape index (κ1) is 22.5. The highest BCUT2D eigenvalue weighted by Crippen LogP contribution is 2.46. The smallest absolute Gasteiger partial charge is 0.338 e. The minimum absolute atomic E-state index is 0.134. The Hall–Kier alpha value is -3.72. The fourth-order valence-electron chi connectivity index (χ4n) is 4.11. The molecule has 0 radical (unpaired) electrons. The van der Waals surface area contributed by atoms with Gasteiger partial charge in [-0.1, -0.05) is 12.1 Å². The van der Waals surface area contributed by atoms with Gasteiger partial charge in [-0.25, -0.2) is 9.78 Å². The van der Waals surface area contributed by atoms with E-state index in [9.17, 15) is 4.79 Å². The van der Waals surface area contributed by atoms with Crippen molar-refractivity contribution in [1.29, 1.82) is 0 Å². The van der Waals surface area contributed by atoms with Crippen LogP contribution in [-0.4, -0.2) is 57.2 Å². The zero-order valence-electron chi connectivity index (χ0n) is 19.3. The van der Waals surface area contributed by atoms with Crippen LogP contribution in [0.2, 0.25) is 0 Å². The number of esters is 1. The zero-order chi connectivity index (χ0) is 23.5. The third-order valence-corrected chi connectivity index (χ3v) is 5.58. The fourth-order valence-corrected chi connectivity index (χ4v) is 4.11. The molecule has 0 saturated heterocycles. The van der Waals surface area contributed by atoms with Gasteiger partial charge in [0.05, 0.1) is 44.5 Å². The summed E-state index contributed by atoms with van der Waals surface area (Å²) in [4.78, 5) is 18.1. The van der Waals surface area contributed by atoms with E-state index in [2.05, 4.69) is 5.32 Å². The molecule has 1 atom stereocenters. The first-order valence-corrected chi connectivity index (χ1v) is 10.4. The number of aromatic nitrogens is 2. The summed E-state index contributed by atoms with van der Waals surface area (Å²) in [5.41, 5.74) is 3.38. The summed E-state index contributed by atoms with van der Waals surface area (Å²) in [5, 5.41) is 3.26. The predicted octanol–water partition coefficient (Wildman–Crippen LogP) is 3.54. The standard InChI is InChI=1S/C24H27N3O6/c1-14-20(23(28)33-11-10-29-2)21(16-12-15(30-3)13-19(31-4)22(16)32-5)27-18-9-7-6-8-17(18)26-24(27)25-14/h6-9,12-13,21H,10-11H2,1-5H3,(H,25,26). The van der Waals surface area contributed by atoms with Gasteiger partial charge in [-0.3, -0.25) is 4.57 Å². The largest absolute Gasteiger partial charge is 0.497 e. The Kier molecular flexibility index (Phi) is 6.41. The number of imidazole rings is 1. The second kappa shape index (κ2) is 9.41. The monoisotopic (exact) mass is 453 g/mol. The van der Waals surface area contributed by atoms with Gasteiger partial charge in [0.15, 0.2) is 11.5 Å². The van der Waals surface area contributed by atoms with Crippen molar-refractivity contribution in [3.63, 3.8) is 0 Å². The fraction of sp³-hybridized carbons (Fsp3) is 0.333. The van der Waals surface area contributed by atoms with Gasteiger partial charge in [0, 0.05) is 24.4 Å². The molecule has 1 aliphatic heterocycles. The van der Waals surface area contributed by atoms with E-state index in [4.69, 9.17) is 28.7 Å². The molecule has 9 heteroatoms. The summed E-state index contributed by atoms with van der Waals surface area (Å²) in [5.74, 6) is 1.69. The van der Waals surface area contributed by atoms with Crippen molar-refractivity contribution in [2.75, 3.05) is 47.0 Å². The molecule has 1 N–H and O–H groups in total. The molecular weight excluding hydrogens is 426 g/mol. The van der Waals surface area contributed by atoms with Crippen LogP contribution in [0.25, 0.3) is 11.0 Å². The third-order valence-electron chi connectivity index (χ3n) is 5.58. The molecule has 1 aromatic heterocycles. The molecule has 9 nitrogen and oxygen atoms in total. The van der Waals surface area contributed by atoms with Crippen LogP contribution in [0, 0.1) is 0 Å². The summed E-state index contributed by atoms with van der Waals surface area (Å²) in [7, 11) is 6.25. The minimum Gasteiger partial charge on any atom is -0.497 e. The maximum absolute atomic E-state index is 13.3. The molecule has 2 aromatic carbocycles. The second-order valence-corrected chi connectivity index (χ2v) is 7.44. The molecule has 174 valence electrons. The number of carbonyl (C=O) groups excluding carboxylic acids is 1. The van der Waals surface area contributed by atoms with Gasteiger partial charge in [-0.15, -0.1) is 0 Å². The minimum atomic E-state index is -0.609. The van der Waals surface area contributed by atoms with Crippen LogP contribution in [0.1, 0.15) is 18.5 Å². The van der Waals surface area contributed by atoms with E-state index >= 15 is 0 Å². The van der Waals surface area contributed by atoms with E-state index in [0.29, 0.717) is 46.6 Å². The normalized spacial score (nSPS) is 15.1. The topological polar surface area (TPSA) is 93.1 Å². The molecular formula is C24H27N3O6. The lowest BCUT2D eigenvalue weighted by molar-refractivity contribution is -0.140. The number of hydrogen-bond donors (Lipinski definition) is 1. The van der Waals surface area contributed by atoms with Crippen molar-refractivity contribution in [1.82, 2.24) is 9.55 Å². The number of rotatable bonds is 8. The van der Waals surface area contributed by atoms with E-state index in [0.717, 1.165) is 11.0 Å². The van der Waals surface area contributed by atoms with Crippen molar-refractivity contribution < 1.29 is 28.5 Å². The van der Waals surface area contributed by atoms with Crippen LogP contribution in [0.4, 0.5) is 5.95 Å². The maximum atomic E-state index is 13.3. The van der Waals surface area contributed by atoms with Crippen LogP contribution in [0.3, 0.4) is 0 Å². The molecule has 0 bridgehead atoms. The quantitative estimate of drug-likeness (QED) is 0.409. The van der Waals surface area contributed by atoms with E-state index in [1.807, 2.05) is 41.8 Å². The molecule has 1 aliphatic rings. The number of ether oxygens (including phenoxy) is 5. The number of carbonyl (C=O) groups is 1.